The van der Waals surface area contributed by atoms with Crippen LogP contribution in [0.15, 0.2) is 48.6 Å². The SMILES string of the molecule is CN1CCC[C@H]1COc1nc2c(c(N3CCN(C(O)/C=C/C#N)[C@@H](CC#N)C3)n1)CCC(c1cccc3cccc(Cl)c13)=C2. The average molecular weight is 610 g/mol. The van der Waals surface area contributed by atoms with Gasteiger partial charge in [0.05, 0.1) is 24.3 Å². The molecule has 2 saturated heterocycles. The number of aliphatic hydroxyl groups excluding tert-OH is 1. The van der Waals surface area contributed by atoms with Crippen molar-refractivity contribution in [2.75, 3.05) is 44.7 Å². The van der Waals surface area contributed by atoms with Crippen LogP contribution in [-0.4, -0.2) is 83.0 Å². The number of likely N-dealkylation sites (tertiary alicyclic amines) is 1. The van der Waals surface area contributed by atoms with Crippen LogP contribution in [0.1, 0.15) is 42.5 Å². The smallest absolute Gasteiger partial charge is 0.318 e. The third-order valence-corrected chi connectivity index (χ3v) is 9.38. The van der Waals surface area contributed by atoms with Crippen molar-refractivity contribution in [2.45, 2.75) is 50.4 Å². The number of piperazine rings is 1. The zero-order chi connectivity index (χ0) is 30.6. The Labute approximate surface area is 263 Å². The number of ether oxygens (including phenoxy) is 1. The summed E-state index contributed by atoms with van der Waals surface area (Å²) in [6.45, 7) is 3.20. The number of aromatic nitrogens is 2. The number of nitriles is 2. The summed E-state index contributed by atoms with van der Waals surface area (Å²) in [4.78, 5) is 16.3. The molecule has 2 aromatic carbocycles. The quantitative estimate of drug-likeness (QED) is 0.351. The Balaban J connectivity index is 1.37. The predicted molar refractivity (Wildman–Crippen MR) is 172 cm³/mol. The number of rotatable bonds is 8. The van der Waals surface area contributed by atoms with E-state index in [0.717, 1.165) is 70.7 Å². The van der Waals surface area contributed by atoms with Crippen LogP contribution in [0.25, 0.3) is 22.4 Å². The molecule has 226 valence electrons. The van der Waals surface area contributed by atoms with Crippen molar-refractivity contribution in [3.63, 3.8) is 0 Å². The summed E-state index contributed by atoms with van der Waals surface area (Å²) in [6, 6.07) is 16.9. The molecule has 10 heteroatoms. The lowest BCUT2D eigenvalue weighted by Crippen LogP contribution is -2.56. The second-order valence-electron chi connectivity index (χ2n) is 11.7. The molecule has 3 aliphatic rings. The number of hydrogen-bond acceptors (Lipinski definition) is 9. The highest BCUT2D eigenvalue weighted by Gasteiger charge is 2.33. The van der Waals surface area contributed by atoms with E-state index in [1.165, 1.54) is 17.7 Å². The van der Waals surface area contributed by atoms with Gasteiger partial charge in [0.1, 0.15) is 18.7 Å². The normalized spacial score (nSPS) is 21.6. The molecule has 9 nitrogen and oxygen atoms in total. The Morgan fingerprint density at radius 3 is 2.73 bits per heavy atom. The van der Waals surface area contributed by atoms with Crippen molar-refractivity contribution in [1.29, 1.82) is 10.5 Å². The molecule has 3 aromatic rings. The van der Waals surface area contributed by atoms with E-state index in [0.29, 0.717) is 38.3 Å². The third kappa shape index (κ3) is 6.15. The predicted octanol–water partition coefficient (Wildman–Crippen LogP) is 5.05. The molecule has 0 amide bonds. The Morgan fingerprint density at radius 1 is 1.11 bits per heavy atom. The zero-order valence-corrected chi connectivity index (χ0v) is 25.6. The van der Waals surface area contributed by atoms with Crippen molar-refractivity contribution in [3.05, 3.63) is 70.4 Å². The summed E-state index contributed by atoms with van der Waals surface area (Å²) >= 11 is 6.70. The number of anilines is 1. The van der Waals surface area contributed by atoms with Gasteiger partial charge in [0, 0.05) is 53.8 Å². The lowest BCUT2D eigenvalue weighted by molar-refractivity contribution is 0.00411. The van der Waals surface area contributed by atoms with Gasteiger partial charge >= 0.3 is 6.01 Å². The molecule has 44 heavy (non-hydrogen) atoms. The van der Waals surface area contributed by atoms with Gasteiger partial charge in [0.2, 0.25) is 0 Å². The van der Waals surface area contributed by atoms with Gasteiger partial charge in [-0.05, 0) is 74.0 Å². The van der Waals surface area contributed by atoms with E-state index in [1.807, 2.05) is 23.1 Å². The molecule has 0 bridgehead atoms. The number of allylic oxidation sites excluding steroid dienone is 2. The van der Waals surface area contributed by atoms with Crippen molar-refractivity contribution in [2.24, 2.45) is 0 Å². The molecule has 1 aliphatic carbocycles. The molecule has 1 aromatic heterocycles. The minimum absolute atomic E-state index is 0.235. The van der Waals surface area contributed by atoms with Gasteiger partial charge in [-0.3, -0.25) is 4.90 Å². The Morgan fingerprint density at radius 2 is 1.95 bits per heavy atom. The molecule has 0 radical (unpaired) electrons. The van der Waals surface area contributed by atoms with Crippen LogP contribution in [0.4, 0.5) is 5.82 Å². The van der Waals surface area contributed by atoms with E-state index in [1.54, 1.807) is 0 Å². The first kappa shape index (κ1) is 30.1. The monoisotopic (exact) mass is 609 g/mol. The average Bonchev–Trinajstić information content (AvgIpc) is 3.46. The number of likely N-dealkylation sites (N-methyl/N-ethyl adjacent to an activating group) is 1. The Kier molecular flexibility index (Phi) is 9.11. The molecule has 6 rings (SSSR count). The lowest BCUT2D eigenvalue weighted by Gasteiger charge is -2.43. The summed E-state index contributed by atoms with van der Waals surface area (Å²) in [5.74, 6) is 0.820. The zero-order valence-electron chi connectivity index (χ0n) is 24.9. The van der Waals surface area contributed by atoms with Crippen LogP contribution < -0.4 is 9.64 Å². The van der Waals surface area contributed by atoms with Gasteiger partial charge < -0.3 is 19.6 Å². The van der Waals surface area contributed by atoms with Crippen LogP contribution in [0, 0.1) is 22.7 Å². The lowest BCUT2D eigenvalue weighted by atomic mass is 9.88. The molecule has 2 fully saturated rings. The fourth-order valence-electron chi connectivity index (χ4n) is 6.72. The molecule has 0 saturated carbocycles. The fraction of sp³-hybridized carbons (Fsp3) is 0.412. The second-order valence-corrected chi connectivity index (χ2v) is 12.1. The van der Waals surface area contributed by atoms with E-state index < -0.39 is 6.23 Å². The van der Waals surface area contributed by atoms with Crippen LogP contribution >= 0.6 is 11.6 Å². The summed E-state index contributed by atoms with van der Waals surface area (Å²) in [5.41, 5.74) is 4.17. The first-order chi connectivity index (χ1) is 21.5. The maximum atomic E-state index is 10.7. The summed E-state index contributed by atoms with van der Waals surface area (Å²) in [6.07, 6.45) is 7.99. The van der Waals surface area contributed by atoms with Gasteiger partial charge in [-0.25, -0.2) is 0 Å². The molecule has 0 spiro atoms. The summed E-state index contributed by atoms with van der Waals surface area (Å²) in [7, 11) is 2.12. The summed E-state index contributed by atoms with van der Waals surface area (Å²) < 4.78 is 6.28. The molecule has 2 aliphatic heterocycles. The first-order valence-corrected chi connectivity index (χ1v) is 15.6. The van der Waals surface area contributed by atoms with Crippen LogP contribution in [-0.2, 0) is 6.42 Å². The second kappa shape index (κ2) is 13.3. The molecule has 1 unspecified atom stereocenters. The highest BCUT2D eigenvalue weighted by molar-refractivity contribution is 6.36. The third-order valence-electron chi connectivity index (χ3n) is 9.07. The number of hydrogen-bond donors (Lipinski definition) is 1. The largest absolute Gasteiger partial charge is 0.462 e. The van der Waals surface area contributed by atoms with Crippen LogP contribution in [0.2, 0.25) is 5.02 Å². The first-order valence-electron chi connectivity index (χ1n) is 15.2. The number of benzene rings is 2. The van der Waals surface area contributed by atoms with Gasteiger partial charge in [-0.1, -0.05) is 41.9 Å². The number of halogens is 1. The fourth-order valence-corrected chi connectivity index (χ4v) is 7.01. The molecule has 3 heterocycles. The van der Waals surface area contributed by atoms with Gasteiger partial charge in [0.25, 0.3) is 0 Å². The van der Waals surface area contributed by atoms with E-state index in [9.17, 15) is 10.4 Å². The minimum Gasteiger partial charge on any atom is -0.462 e. The van der Waals surface area contributed by atoms with E-state index >= 15 is 0 Å². The molecule has 1 N–H and O–H groups in total. The standard InChI is InChI=1S/C34H36ClN7O2/c1-40-17-5-8-26(40)22-44-34-38-30-20-24(27-9-2-6-23-7-3-10-29(35)32(23)27)12-13-28(30)33(39-34)41-18-19-42(25(21-41)14-16-37)31(43)11-4-15-36/h2-4,6-7,9-11,20,25-26,31,43H,5,8,12-14,17-19,21-22H2,1H3/b11-4+/t25-,26-,31?/m0/s1. The highest BCUT2D eigenvalue weighted by Crippen LogP contribution is 2.39. The minimum atomic E-state index is -0.935. The van der Waals surface area contributed by atoms with Crippen molar-refractivity contribution >= 4 is 39.8 Å². The van der Waals surface area contributed by atoms with Crippen LogP contribution in [0.3, 0.4) is 0 Å². The van der Waals surface area contributed by atoms with Crippen molar-refractivity contribution in [3.8, 4) is 18.1 Å². The number of fused-ring (bicyclic) bond motifs is 2. The Hall–Kier alpha value is -3.99. The topological polar surface area (TPSA) is 113 Å². The molecular formula is C34H36ClN7O2. The van der Waals surface area contributed by atoms with E-state index in [2.05, 4.69) is 53.3 Å². The van der Waals surface area contributed by atoms with E-state index in [4.69, 9.17) is 31.6 Å². The Bertz CT molecular complexity index is 1670. The maximum absolute atomic E-state index is 10.7. The summed E-state index contributed by atoms with van der Waals surface area (Å²) in [5, 5.41) is 32.1. The van der Waals surface area contributed by atoms with Crippen molar-refractivity contribution in [1.82, 2.24) is 19.8 Å². The molecule has 3 atom stereocenters. The van der Waals surface area contributed by atoms with Gasteiger partial charge in [-0.15, -0.1) is 0 Å². The van der Waals surface area contributed by atoms with Crippen molar-refractivity contribution < 1.29 is 9.84 Å². The van der Waals surface area contributed by atoms with E-state index in [-0.39, 0.29) is 12.5 Å². The highest BCUT2D eigenvalue weighted by atomic mass is 35.5. The number of aliphatic hydroxyl groups is 1. The van der Waals surface area contributed by atoms with Gasteiger partial charge in [-0.2, -0.15) is 20.5 Å². The maximum Gasteiger partial charge on any atom is 0.318 e. The van der Waals surface area contributed by atoms with Gasteiger partial charge in [0.15, 0.2) is 0 Å². The number of nitrogens with zero attached hydrogens (tertiary/aromatic N) is 7. The molecular weight excluding hydrogens is 574 g/mol. The van der Waals surface area contributed by atoms with Crippen LogP contribution in [0.5, 0.6) is 6.01 Å².